The largest absolute Gasteiger partial charge is 0.329 e. The minimum Gasteiger partial charge on any atom is -0.329 e. The van der Waals surface area contributed by atoms with Crippen LogP contribution in [0.1, 0.15) is 50.2 Å². The molecule has 3 rings (SSSR count). The van der Waals surface area contributed by atoms with E-state index in [4.69, 9.17) is 0 Å². The van der Waals surface area contributed by atoms with Crippen LogP contribution in [0, 0.1) is 0 Å². The smallest absolute Gasteiger partial charge is 0.223 e. The van der Waals surface area contributed by atoms with Crippen LogP contribution in [0.2, 0.25) is 0 Å². The Balaban J connectivity index is 2.15. The van der Waals surface area contributed by atoms with Gasteiger partial charge in [-0.2, -0.15) is 0 Å². The predicted octanol–water partition coefficient (Wildman–Crippen LogP) is 4.74. The van der Waals surface area contributed by atoms with E-state index in [0.29, 0.717) is 6.42 Å². The third kappa shape index (κ3) is 2.90. The Kier molecular flexibility index (Phi) is 4.80. The molecule has 1 aliphatic heterocycles. The van der Waals surface area contributed by atoms with E-state index in [2.05, 4.69) is 60.4 Å². The van der Waals surface area contributed by atoms with Crippen molar-refractivity contribution >= 4 is 5.91 Å². The predicted molar refractivity (Wildman–Crippen MR) is 94.1 cm³/mol. The van der Waals surface area contributed by atoms with E-state index >= 15 is 0 Å². The topological polar surface area (TPSA) is 20.3 Å². The van der Waals surface area contributed by atoms with E-state index in [0.717, 1.165) is 32.2 Å². The molecule has 0 saturated carbocycles. The molecule has 23 heavy (non-hydrogen) atoms. The van der Waals surface area contributed by atoms with Gasteiger partial charge in [-0.05, 0) is 36.8 Å². The lowest BCUT2D eigenvalue weighted by molar-refractivity contribution is -0.138. The molecule has 1 fully saturated rings. The van der Waals surface area contributed by atoms with Crippen LogP contribution in [0.5, 0.6) is 0 Å². The first kappa shape index (κ1) is 15.8. The van der Waals surface area contributed by atoms with Gasteiger partial charge in [-0.15, -0.1) is 0 Å². The number of amides is 1. The Hall–Kier alpha value is -2.09. The molecule has 0 bridgehead atoms. The average molecular weight is 307 g/mol. The molecular formula is C21H25NO. The first-order valence-corrected chi connectivity index (χ1v) is 8.70. The minimum atomic E-state index is -0.312. The summed E-state index contributed by atoms with van der Waals surface area (Å²) in [5.74, 6) is 0.278. The van der Waals surface area contributed by atoms with E-state index in [-0.39, 0.29) is 11.4 Å². The van der Waals surface area contributed by atoms with E-state index in [1.807, 2.05) is 12.1 Å². The van der Waals surface area contributed by atoms with Crippen molar-refractivity contribution in [2.24, 2.45) is 0 Å². The van der Waals surface area contributed by atoms with Crippen LogP contribution in [0.3, 0.4) is 0 Å². The number of carbonyl (C=O) groups is 1. The van der Waals surface area contributed by atoms with Crippen molar-refractivity contribution in [3.63, 3.8) is 0 Å². The van der Waals surface area contributed by atoms with Crippen LogP contribution >= 0.6 is 0 Å². The van der Waals surface area contributed by atoms with Crippen LogP contribution in [0.15, 0.2) is 60.7 Å². The van der Waals surface area contributed by atoms with Gasteiger partial charge in [0.25, 0.3) is 0 Å². The Morgan fingerprint density at radius 1 is 0.957 bits per heavy atom. The van der Waals surface area contributed by atoms with Gasteiger partial charge in [0.1, 0.15) is 0 Å². The molecule has 1 saturated heterocycles. The van der Waals surface area contributed by atoms with E-state index in [9.17, 15) is 4.79 Å². The van der Waals surface area contributed by atoms with Gasteiger partial charge in [0.05, 0.1) is 5.54 Å². The SMILES string of the molecule is CCCC(=O)N1CCCCC1(c1ccccc1)c1ccccc1. The fourth-order valence-corrected chi connectivity index (χ4v) is 3.86. The average Bonchev–Trinajstić information content (AvgIpc) is 2.63. The fraction of sp³-hybridized carbons (Fsp3) is 0.381. The maximum absolute atomic E-state index is 12.9. The Bertz CT molecular complexity index is 596. The summed E-state index contributed by atoms with van der Waals surface area (Å²) in [6.45, 7) is 2.93. The minimum absolute atomic E-state index is 0.278. The maximum Gasteiger partial charge on any atom is 0.223 e. The summed E-state index contributed by atoms with van der Waals surface area (Å²) < 4.78 is 0. The normalized spacial score (nSPS) is 17.0. The molecule has 0 unspecified atom stereocenters. The molecule has 0 aromatic heterocycles. The van der Waals surface area contributed by atoms with Crippen LogP contribution < -0.4 is 0 Å². The summed E-state index contributed by atoms with van der Waals surface area (Å²) in [5.41, 5.74) is 2.15. The highest BCUT2D eigenvalue weighted by Crippen LogP contribution is 2.43. The van der Waals surface area contributed by atoms with Crippen molar-refractivity contribution in [2.75, 3.05) is 6.54 Å². The summed E-state index contributed by atoms with van der Waals surface area (Å²) in [4.78, 5) is 15.0. The number of nitrogens with zero attached hydrogens (tertiary/aromatic N) is 1. The van der Waals surface area contributed by atoms with E-state index in [1.54, 1.807) is 0 Å². The number of likely N-dealkylation sites (tertiary alicyclic amines) is 1. The monoisotopic (exact) mass is 307 g/mol. The lowest BCUT2D eigenvalue weighted by Crippen LogP contribution is -2.53. The first-order valence-electron chi connectivity index (χ1n) is 8.70. The van der Waals surface area contributed by atoms with Crippen LogP contribution in [0.4, 0.5) is 0 Å². The quantitative estimate of drug-likeness (QED) is 0.798. The lowest BCUT2D eigenvalue weighted by Gasteiger charge is -2.48. The van der Waals surface area contributed by atoms with Gasteiger partial charge in [0, 0.05) is 13.0 Å². The zero-order chi connectivity index (χ0) is 16.1. The highest BCUT2D eigenvalue weighted by atomic mass is 16.2. The van der Waals surface area contributed by atoms with Gasteiger partial charge in [-0.3, -0.25) is 4.79 Å². The molecule has 2 aromatic rings. The molecule has 1 aliphatic rings. The van der Waals surface area contributed by atoms with Crippen molar-refractivity contribution in [3.05, 3.63) is 71.8 Å². The maximum atomic E-state index is 12.9. The molecule has 120 valence electrons. The summed E-state index contributed by atoms with van der Waals surface area (Å²) in [5, 5.41) is 0. The molecule has 2 heteroatoms. The number of carbonyl (C=O) groups excluding carboxylic acids is 1. The molecule has 1 amide bonds. The molecule has 2 aromatic carbocycles. The van der Waals surface area contributed by atoms with Crippen molar-refractivity contribution < 1.29 is 4.79 Å². The second-order valence-corrected chi connectivity index (χ2v) is 6.34. The summed E-state index contributed by atoms with van der Waals surface area (Å²) in [6, 6.07) is 21.1. The highest BCUT2D eigenvalue weighted by molar-refractivity contribution is 5.78. The molecule has 0 radical (unpaired) electrons. The summed E-state index contributed by atoms with van der Waals surface area (Å²) >= 11 is 0. The number of hydrogen-bond acceptors (Lipinski definition) is 1. The second kappa shape index (κ2) is 6.99. The van der Waals surface area contributed by atoms with E-state index < -0.39 is 0 Å². The third-order valence-corrected chi connectivity index (χ3v) is 4.90. The molecule has 0 spiro atoms. The molecule has 0 N–H and O–H groups in total. The van der Waals surface area contributed by atoms with Crippen LogP contribution in [-0.2, 0) is 10.3 Å². The standard InChI is InChI=1S/C21H25NO/c1-2-11-20(23)22-17-10-9-16-21(22,18-12-5-3-6-13-18)19-14-7-4-8-15-19/h3-8,12-15H,2,9-11,16-17H2,1H3. The van der Waals surface area contributed by atoms with Crippen LogP contribution in [0.25, 0.3) is 0 Å². The van der Waals surface area contributed by atoms with Gasteiger partial charge in [0.15, 0.2) is 0 Å². The fourth-order valence-electron chi connectivity index (χ4n) is 3.86. The molecule has 0 atom stereocenters. The highest BCUT2D eigenvalue weighted by Gasteiger charge is 2.43. The van der Waals surface area contributed by atoms with Gasteiger partial charge >= 0.3 is 0 Å². The van der Waals surface area contributed by atoms with Crippen molar-refractivity contribution in [1.29, 1.82) is 0 Å². The number of benzene rings is 2. The summed E-state index contributed by atoms with van der Waals surface area (Å²) in [7, 11) is 0. The van der Waals surface area contributed by atoms with Crippen molar-refractivity contribution in [2.45, 2.75) is 44.6 Å². The van der Waals surface area contributed by atoms with Crippen molar-refractivity contribution in [3.8, 4) is 0 Å². The number of hydrogen-bond donors (Lipinski definition) is 0. The molecule has 1 heterocycles. The van der Waals surface area contributed by atoms with Gasteiger partial charge in [-0.25, -0.2) is 0 Å². The summed E-state index contributed by atoms with van der Waals surface area (Å²) in [6.07, 6.45) is 4.77. The van der Waals surface area contributed by atoms with Gasteiger partial charge < -0.3 is 4.90 Å². The second-order valence-electron chi connectivity index (χ2n) is 6.34. The van der Waals surface area contributed by atoms with E-state index in [1.165, 1.54) is 11.1 Å². The number of rotatable bonds is 4. The number of piperidine rings is 1. The van der Waals surface area contributed by atoms with Crippen LogP contribution in [-0.4, -0.2) is 17.4 Å². The third-order valence-electron chi connectivity index (χ3n) is 4.90. The van der Waals surface area contributed by atoms with Gasteiger partial charge in [-0.1, -0.05) is 67.6 Å². The molecule has 2 nitrogen and oxygen atoms in total. The van der Waals surface area contributed by atoms with Crippen molar-refractivity contribution in [1.82, 2.24) is 4.90 Å². The zero-order valence-corrected chi connectivity index (χ0v) is 13.9. The van der Waals surface area contributed by atoms with Gasteiger partial charge in [0.2, 0.25) is 5.91 Å². The molecular weight excluding hydrogens is 282 g/mol. The Labute approximate surface area is 139 Å². The first-order chi connectivity index (χ1) is 11.3. The molecule has 0 aliphatic carbocycles. The Morgan fingerprint density at radius 3 is 2.04 bits per heavy atom. The zero-order valence-electron chi connectivity index (χ0n) is 13.9. The Morgan fingerprint density at radius 2 is 1.52 bits per heavy atom. The lowest BCUT2D eigenvalue weighted by atomic mass is 9.75.